The molecule has 36 heavy (non-hydrogen) atoms. The predicted molar refractivity (Wildman–Crippen MR) is 136 cm³/mol. The van der Waals surface area contributed by atoms with Gasteiger partial charge >= 0.3 is 0 Å². The summed E-state index contributed by atoms with van der Waals surface area (Å²) in [6.45, 7) is 9.62. The van der Waals surface area contributed by atoms with Crippen LogP contribution in [0.4, 0.5) is 20.4 Å². The SMILES string of the molecule is C\C=C(Nc1ncccc1-c1cc(NC(=O)C2CC2(F)F)ncn1)/C(C)=C\C(C(=O)CC)=C(/C)CC. The summed E-state index contributed by atoms with van der Waals surface area (Å²) < 4.78 is 26.5. The maximum absolute atomic E-state index is 13.2. The molecular weight excluding hydrogens is 464 g/mol. The first-order chi connectivity index (χ1) is 17.1. The van der Waals surface area contributed by atoms with Gasteiger partial charge in [-0.3, -0.25) is 9.59 Å². The first-order valence-corrected chi connectivity index (χ1v) is 11.9. The molecule has 2 aromatic rings. The Hall–Kier alpha value is -3.75. The number of ketones is 1. The Kier molecular flexibility index (Phi) is 8.45. The van der Waals surface area contributed by atoms with E-state index in [0.717, 1.165) is 23.3 Å². The monoisotopic (exact) mass is 495 g/mol. The van der Waals surface area contributed by atoms with Crippen molar-refractivity contribution in [2.45, 2.75) is 59.8 Å². The lowest BCUT2D eigenvalue weighted by Gasteiger charge is -2.15. The molecule has 2 N–H and O–H groups in total. The molecule has 1 amide bonds. The van der Waals surface area contributed by atoms with Crippen molar-refractivity contribution in [3.63, 3.8) is 0 Å². The average Bonchev–Trinajstić information content (AvgIpc) is 3.53. The van der Waals surface area contributed by atoms with Crippen LogP contribution in [0.3, 0.4) is 0 Å². The minimum atomic E-state index is -2.96. The van der Waals surface area contributed by atoms with E-state index in [2.05, 4.69) is 25.6 Å². The second-order valence-corrected chi connectivity index (χ2v) is 8.67. The summed E-state index contributed by atoms with van der Waals surface area (Å²) in [5.41, 5.74) is 4.44. The Labute approximate surface area is 209 Å². The van der Waals surface area contributed by atoms with Crippen LogP contribution in [0, 0.1) is 5.92 Å². The highest BCUT2D eigenvalue weighted by atomic mass is 19.3. The summed E-state index contributed by atoms with van der Waals surface area (Å²) in [5, 5.41) is 5.76. The number of carbonyl (C=O) groups excluding carboxylic acids is 2. The molecule has 0 bridgehead atoms. The van der Waals surface area contributed by atoms with Gasteiger partial charge in [0.1, 0.15) is 23.9 Å². The van der Waals surface area contributed by atoms with Crippen molar-refractivity contribution in [1.82, 2.24) is 15.0 Å². The van der Waals surface area contributed by atoms with E-state index in [1.807, 2.05) is 46.8 Å². The van der Waals surface area contributed by atoms with Gasteiger partial charge in [-0.2, -0.15) is 0 Å². The summed E-state index contributed by atoms with van der Waals surface area (Å²) in [4.78, 5) is 37.3. The zero-order valence-corrected chi connectivity index (χ0v) is 21.2. The molecule has 9 heteroatoms. The molecule has 190 valence electrons. The molecule has 0 radical (unpaired) electrons. The molecule has 1 saturated carbocycles. The zero-order chi connectivity index (χ0) is 26.5. The number of Topliss-reactive ketones (excluding diaryl/α,β-unsaturated/α-hetero) is 1. The van der Waals surface area contributed by atoms with Gasteiger partial charge in [-0.1, -0.05) is 25.5 Å². The fourth-order valence-corrected chi connectivity index (χ4v) is 3.64. The van der Waals surface area contributed by atoms with Gasteiger partial charge in [0.05, 0.1) is 5.69 Å². The Balaban J connectivity index is 1.88. The Morgan fingerprint density at radius 3 is 2.47 bits per heavy atom. The number of anilines is 2. The Morgan fingerprint density at radius 1 is 1.14 bits per heavy atom. The second-order valence-electron chi connectivity index (χ2n) is 8.67. The van der Waals surface area contributed by atoms with Gasteiger partial charge in [0.15, 0.2) is 5.78 Å². The average molecular weight is 496 g/mol. The minimum absolute atomic E-state index is 0.0854. The predicted octanol–water partition coefficient (Wildman–Crippen LogP) is 6.10. The highest BCUT2D eigenvalue weighted by molar-refractivity contribution is 5.99. The van der Waals surface area contributed by atoms with Crippen LogP contribution in [-0.4, -0.2) is 32.6 Å². The molecule has 0 aliphatic heterocycles. The lowest BCUT2D eigenvalue weighted by atomic mass is 9.98. The van der Waals surface area contributed by atoms with Gasteiger partial charge in [0, 0.05) is 41.9 Å². The van der Waals surface area contributed by atoms with Gasteiger partial charge in [0.2, 0.25) is 5.91 Å². The molecule has 7 nitrogen and oxygen atoms in total. The third-order valence-corrected chi connectivity index (χ3v) is 6.08. The van der Waals surface area contributed by atoms with Gasteiger partial charge < -0.3 is 10.6 Å². The number of hydrogen-bond acceptors (Lipinski definition) is 6. The van der Waals surface area contributed by atoms with Crippen molar-refractivity contribution >= 4 is 23.3 Å². The van der Waals surface area contributed by atoms with Crippen LogP contribution in [0.15, 0.2) is 65.3 Å². The van der Waals surface area contributed by atoms with E-state index in [1.54, 1.807) is 18.3 Å². The van der Waals surface area contributed by atoms with Crippen molar-refractivity contribution in [2.24, 2.45) is 5.92 Å². The van der Waals surface area contributed by atoms with Crippen molar-refractivity contribution in [3.8, 4) is 11.3 Å². The third kappa shape index (κ3) is 6.27. The number of carbonyl (C=O) groups is 2. The van der Waals surface area contributed by atoms with Crippen LogP contribution in [0.1, 0.15) is 53.9 Å². The largest absolute Gasteiger partial charge is 0.340 e. The number of pyridine rings is 1. The molecule has 2 heterocycles. The first kappa shape index (κ1) is 26.8. The molecule has 1 aliphatic carbocycles. The third-order valence-electron chi connectivity index (χ3n) is 6.08. The standard InChI is InChI=1S/C27H31F2N5O2/c1-6-16(4)19(23(35)8-3)12-17(5)21(7-2)33-25-18(10-9-11-30-25)22-13-24(32-15-31-22)34-26(36)20-14-27(20,28)29/h7,9-13,15,20H,6,8,14H2,1-5H3,(H,30,33)(H,31,32,34,36)/b17-12-,19-16-,21-7+. The fraction of sp³-hybridized carbons (Fsp3) is 0.370. The number of aromatic nitrogens is 3. The molecule has 1 fully saturated rings. The molecule has 1 aliphatic rings. The van der Waals surface area contributed by atoms with Crippen LogP contribution < -0.4 is 10.6 Å². The number of hydrogen-bond donors (Lipinski definition) is 2. The van der Waals surface area contributed by atoms with Crippen LogP contribution in [0.2, 0.25) is 0 Å². The summed E-state index contributed by atoms with van der Waals surface area (Å²) >= 11 is 0. The Bertz CT molecular complexity index is 1250. The lowest BCUT2D eigenvalue weighted by Crippen LogP contribution is -2.18. The van der Waals surface area contributed by atoms with Crippen molar-refractivity contribution in [3.05, 3.63) is 65.3 Å². The van der Waals surface area contributed by atoms with Crippen molar-refractivity contribution in [1.29, 1.82) is 0 Å². The van der Waals surface area contributed by atoms with Gasteiger partial charge in [-0.15, -0.1) is 0 Å². The normalized spacial score (nSPS) is 17.8. The van der Waals surface area contributed by atoms with E-state index in [4.69, 9.17) is 0 Å². The molecule has 1 unspecified atom stereocenters. The molecule has 0 spiro atoms. The molecular formula is C27H31F2N5O2. The van der Waals surface area contributed by atoms with Crippen LogP contribution >= 0.6 is 0 Å². The first-order valence-electron chi connectivity index (χ1n) is 11.9. The van der Waals surface area contributed by atoms with E-state index < -0.39 is 24.2 Å². The summed E-state index contributed by atoms with van der Waals surface area (Å²) in [5.74, 6) is -4.33. The van der Waals surface area contributed by atoms with E-state index in [9.17, 15) is 18.4 Å². The minimum Gasteiger partial charge on any atom is -0.340 e. The highest BCUT2D eigenvalue weighted by Gasteiger charge is 2.61. The van der Waals surface area contributed by atoms with Gasteiger partial charge in [-0.25, -0.2) is 23.7 Å². The maximum Gasteiger partial charge on any atom is 0.260 e. The smallest absolute Gasteiger partial charge is 0.260 e. The van der Waals surface area contributed by atoms with Crippen molar-refractivity contribution < 1.29 is 18.4 Å². The second kappa shape index (κ2) is 11.3. The van der Waals surface area contributed by atoms with E-state index in [0.29, 0.717) is 29.1 Å². The van der Waals surface area contributed by atoms with E-state index in [1.165, 1.54) is 12.4 Å². The van der Waals surface area contributed by atoms with Crippen molar-refractivity contribution in [2.75, 3.05) is 10.6 Å². The van der Waals surface area contributed by atoms with Crippen LogP contribution in [0.5, 0.6) is 0 Å². The topological polar surface area (TPSA) is 96.9 Å². The number of nitrogens with zero attached hydrogens (tertiary/aromatic N) is 3. The lowest BCUT2D eigenvalue weighted by molar-refractivity contribution is -0.119. The molecule has 0 saturated heterocycles. The molecule has 0 aromatic carbocycles. The highest BCUT2D eigenvalue weighted by Crippen LogP contribution is 2.49. The number of nitrogens with one attached hydrogen (secondary N) is 2. The number of allylic oxidation sites excluding steroid dienone is 5. The van der Waals surface area contributed by atoms with E-state index in [-0.39, 0.29) is 11.6 Å². The Morgan fingerprint density at radius 2 is 1.86 bits per heavy atom. The number of rotatable bonds is 10. The summed E-state index contributed by atoms with van der Waals surface area (Å²) in [6, 6.07) is 5.07. The molecule has 1 atom stereocenters. The van der Waals surface area contributed by atoms with Crippen LogP contribution in [-0.2, 0) is 9.59 Å². The fourth-order valence-electron chi connectivity index (χ4n) is 3.64. The van der Waals surface area contributed by atoms with Gasteiger partial charge in [-0.05, 0) is 51.0 Å². The number of amides is 1. The molecule has 2 aromatic heterocycles. The number of alkyl halides is 2. The van der Waals surface area contributed by atoms with Crippen LogP contribution in [0.25, 0.3) is 11.3 Å². The number of halogens is 2. The summed E-state index contributed by atoms with van der Waals surface area (Å²) in [7, 11) is 0. The van der Waals surface area contributed by atoms with Gasteiger partial charge in [0.25, 0.3) is 5.92 Å². The quantitative estimate of drug-likeness (QED) is 0.305. The molecule has 3 rings (SSSR count). The zero-order valence-electron chi connectivity index (χ0n) is 21.2. The van der Waals surface area contributed by atoms with E-state index >= 15 is 0 Å². The maximum atomic E-state index is 13.2. The summed E-state index contributed by atoms with van der Waals surface area (Å²) in [6.07, 6.45) is 7.41.